The molecule has 0 bridgehead atoms. The smallest absolute Gasteiger partial charge is 0.417 e. The summed E-state index contributed by atoms with van der Waals surface area (Å²) in [6.07, 6.45) is 0.900. The Labute approximate surface area is 193 Å². The largest absolute Gasteiger partial charge is 0.475 e. The van der Waals surface area contributed by atoms with Crippen molar-refractivity contribution < 1.29 is 27.1 Å². The Morgan fingerprint density at radius 3 is 2.59 bits per heavy atom. The fourth-order valence-corrected chi connectivity index (χ4v) is 4.04. The molecule has 0 aliphatic carbocycles. The van der Waals surface area contributed by atoms with Crippen LogP contribution < -0.4 is 4.74 Å². The van der Waals surface area contributed by atoms with Crippen LogP contribution in [0.5, 0.6) is 5.88 Å². The summed E-state index contributed by atoms with van der Waals surface area (Å²) in [6, 6.07) is 7.21. The molecule has 0 N–H and O–H groups in total. The highest BCUT2D eigenvalue weighted by molar-refractivity contribution is 6.00. The predicted molar refractivity (Wildman–Crippen MR) is 115 cm³/mol. The predicted octanol–water partition coefficient (Wildman–Crippen LogP) is 5.02. The first-order chi connectivity index (χ1) is 16.2. The highest BCUT2D eigenvalue weighted by atomic mass is 19.4. The van der Waals surface area contributed by atoms with E-state index in [2.05, 4.69) is 15.0 Å². The number of likely N-dealkylation sites (tertiary alicyclic amines) is 1. The van der Waals surface area contributed by atoms with Gasteiger partial charge in [0, 0.05) is 36.8 Å². The normalized spacial score (nSPS) is 18.6. The van der Waals surface area contributed by atoms with Crippen LogP contribution in [-0.2, 0) is 6.18 Å². The van der Waals surface area contributed by atoms with Crippen molar-refractivity contribution in [3.63, 3.8) is 0 Å². The van der Waals surface area contributed by atoms with E-state index in [-0.39, 0.29) is 35.9 Å². The average molecular weight is 474 g/mol. The van der Waals surface area contributed by atoms with Gasteiger partial charge < -0.3 is 9.64 Å². The van der Waals surface area contributed by atoms with Gasteiger partial charge in [0.15, 0.2) is 5.82 Å². The van der Waals surface area contributed by atoms with Crippen LogP contribution in [0.3, 0.4) is 0 Å². The zero-order chi connectivity index (χ0) is 24.3. The van der Waals surface area contributed by atoms with Crippen molar-refractivity contribution in [3.8, 4) is 17.3 Å². The number of rotatable bonds is 5. The molecule has 1 saturated heterocycles. The Balaban J connectivity index is 1.57. The van der Waals surface area contributed by atoms with Crippen molar-refractivity contribution in [2.45, 2.75) is 32.0 Å². The van der Waals surface area contributed by atoms with Gasteiger partial charge in [-0.1, -0.05) is 6.92 Å². The lowest BCUT2D eigenvalue weighted by atomic mass is 9.90. The quantitative estimate of drug-likeness (QED) is 0.486. The summed E-state index contributed by atoms with van der Waals surface area (Å²) in [5.41, 5.74) is -0.322. The first kappa shape index (κ1) is 23.6. The van der Waals surface area contributed by atoms with Gasteiger partial charge in [0.1, 0.15) is 12.4 Å². The topological polar surface area (TPSA) is 68.2 Å². The molecular weight excluding hydrogens is 452 g/mol. The van der Waals surface area contributed by atoms with Crippen LogP contribution in [0.15, 0.2) is 55.0 Å². The number of hydrogen-bond donors (Lipinski definition) is 0. The molecule has 1 aromatic carbocycles. The Kier molecular flexibility index (Phi) is 6.76. The van der Waals surface area contributed by atoms with Gasteiger partial charge in [-0.05, 0) is 49.1 Å². The minimum atomic E-state index is -4.49. The molecule has 2 unspecified atom stereocenters. The van der Waals surface area contributed by atoms with Crippen LogP contribution in [0.25, 0.3) is 11.4 Å². The molecule has 4 rings (SSSR count). The molecule has 0 spiro atoms. The maximum atomic E-state index is 14.1. The standard InChI is InChI=1S/C24H22F4N4O2/c1-15-4-2-11-32(20(15)14-34-21-8-5-16(13-31-21)24(26,27)28)23(33)19-12-17(25)6-7-18(19)22-29-9-3-10-30-22/h3,5-10,12-13,15,20H,2,4,11,14H2,1H3. The summed E-state index contributed by atoms with van der Waals surface area (Å²) < 4.78 is 58.1. The molecule has 6 nitrogen and oxygen atoms in total. The van der Waals surface area contributed by atoms with E-state index in [0.29, 0.717) is 24.1 Å². The molecule has 10 heteroatoms. The number of alkyl halides is 3. The summed E-state index contributed by atoms with van der Waals surface area (Å²) >= 11 is 0. The van der Waals surface area contributed by atoms with Gasteiger partial charge in [-0.25, -0.2) is 19.3 Å². The molecule has 3 heterocycles. The Morgan fingerprint density at radius 2 is 1.91 bits per heavy atom. The van der Waals surface area contributed by atoms with E-state index in [4.69, 9.17) is 4.74 Å². The summed E-state index contributed by atoms with van der Waals surface area (Å²) in [5.74, 6) is -0.561. The van der Waals surface area contributed by atoms with Gasteiger partial charge in [-0.3, -0.25) is 4.79 Å². The molecule has 3 aromatic rings. The number of ether oxygens (including phenoxy) is 1. The summed E-state index contributed by atoms with van der Waals surface area (Å²) in [7, 11) is 0. The number of amides is 1. The molecule has 34 heavy (non-hydrogen) atoms. The fraction of sp³-hybridized carbons (Fsp3) is 0.333. The third kappa shape index (κ3) is 5.16. The van der Waals surface area contributed by atoms with Gasteiger partial charge in [-0.15, -0.1) is 0 Å². The van der Waals surface area contributed by atoms with E-state index < -0.39 is 17.6 Å². The highest BCUT2D eigenvalue weighted by Crippen LogP contribution is 2.31. The maximum absolute atomic E-state index is 14.1. The fourth-order valence-electron chi connectivity index (χ4n) is 4.04. The van der Waals surface area contributed by atoms with Crippen LogP contribution in [0.4, 0.5) is 17.6 Å². The number of pyridine rings is 1. The SMILES string of the molecule is CC1CCCN(C(=O)c2cc(F)ccc2-c2ncccn2)C1COc1ccc(C(F)(F)F)cn1. The molecule has 2 atom stereocenters. The average Bonchev–Trinajstić information content (AvgIpc) is 2.83. The molecule has 1 aliphatic rings. The molecule has 178 valence electrons. The lowest BCUT2D eigenvalue weighted by molar-refractivity contribution is -0.137. The van der Waals surface area contributed by atoms with E-state index in [0.717, 1.165) is 25.0 Å². The molecular formula is C24H22F4N4O2. The lowest BCUT2D eigenvalue weighted by Gasteiger charge is -2.40. The molecule has 2 aromatic heterocycles. The zero-order valence-corrected chi connectivity index (χ0v) is 18.3. The van der Waals surface area contributed by atoms with Crippen molar-refractivity contribution in [1.29, 1.82) is 0 Å². The number of halogens is 4. The number of benzene rings is 1. The Bertz CT molecular complexity index is 1140. The number of aromatic nitrogens is 3. The number of carbonyl (C=O) groups is 1. The molecule has 1 amide bonds. The van der Waals surface area contributed by atoms with Crippen LogP contribution >= 0.6 is 0 Å². The second-order valence-electron chi connectivity index (χ2n) is 8.14. The van der Waals surface area contributed by atoms with Gasteiger partial charge in [0.05, 0.1) is 17.2 Å². The second kappa shape index (κ2) is 9.74. The van der Waals surface area contributed by atoms with Crippen LogP contribution in [0.2, 0.25) is 0 Å². The maximum Gasteiger partial charge on any atom is 0.417 e. The van der Waals surface area contributed by atoms with E-state index in [9.17, 15) is 22.4 Å². The van der Waals surface area contributed by atoms with E-state index in [1.165, 1.54) is 30.6 Å². The van der Waals surface area contributed by atoms with Gasteiger partial charge >= 0.3 is 6.18 Å². The lowest BCUT2D eigenvalue weighted by Crippen LogP contribution is -2.50. The summed E-state index contributed by atoms with van der Waals surface area (Å²) in [6.45, 7) is 2.45. The van der Waals surface area contributed by atoms with Crippen molar-refractivity contribution in [2.75, 3.05) is 13.2 Å². The number of piperidine rings is 1. The first-order valence-corrected chi connectivity index (χ1v) is 10.8. The minimum absolute atomic E-state index is 0.0299. The van der Waals surface area contributed by atoms with Crippen molar-refractivity contribution >= 4 is 5.91 Å². The monoisotopic (exact) mass is 474 g/mol. The summed E-state index contributed by atoms with van der Waals surface area (Å²) in [5, 5.41) is 0. The first-order valence-electron chi connectivity index (χ1n) is 10.8. The minimum Gasteiger partial charge on any atom is -0.475 e. The highest BCUT2D eigenvalue weighted by Gasteiger charge is 2.35. The van der Waals surface area contributed by atoms with Gasteiger partial charge in [-0.2, -0.15) is 13.2 Å². The zero-order valence-electron chi connectivity index (χ0n) is 18.3. The Hall–Kier alpha value is -3.56. The molecule has 0 saturated carbocycles. The van der Waals surface area contributed by atoms with E-state index >= 15 is 0 Å². The molecule has 1 fully saturated rings. The number of nitrogens with zero attached hydrogens (tertiary/aromatic N) is 4. The third-order valence-electron chi connectivity index (χ3n) is 5.86. The number of hydrogen-bond acceptors (Lipinski definition) is 5. The van der Waals surface area contributed by atoms with Crippen LogP contribution in [0, 0.1) is 11.7 Å². The molecule has 0 radical (unpaired) electrons. The van der Waals surface area contributed by atoms with E-state index in [1.54, 1.807) is 11.0 Å². The van der Waals surface area contributed by atoms with Crippen LogP contribution in [0.1, 0.15) is 35.7 Å². The third-order valence-corrected chi connectivity index (χ3v) is 5.86. The second-order valence-corrected chi connectivity index (χ2v) is 8.14. The molecule has 1 aliphatic heterocycles. The van der Waals surface area contributed by atoms with Crippen molar-refractivity contribution in [3.05, 3.63) is 71.9 Å². The Morgan fingerprint density at radius 1 is 1.15 bits per heavy atom. The van der Waals surface area contributed by atoms with Crippen molar-refractivity contribution in [2.24, 2.45) is 5.92 Å². The number of carbonyl (C=O) groups excluding carboxylic acids is 1. The van der Waals surface area contributed by atoms with Crippen LogP contribution in [-0.4, -0.2) is 45.0 Å². The van der Waals surface area contributed by atoms with E-state index in [1.807, 2.05) is 6.92 Å². The van der Waals surface area contributed by atoms with Crippen molar-refractivity contribution in [1.82, 2.24) is 19.9 Å². The summed E-state index contributed by atoms with van der Waals surface area (Å²) in [4.78, 5) is 27.3. The van der Waals surface area contributed by atoms with Gasteiger partial charge in [0.2, 0.25) is 5.88 Å². The van der Waals surface area contributed by atoms with Gasteiger partial charge in [0.25, 0.3) is 5.91 Å².